The first-order valence-corrected chi connectivity index (χ1v) is 9.24. The predicted molar refractivity (Wildman–Crippen MR) is 103 cm³/mol. The highest BCUT2D eigenvalue weighted by Gasteiger charge is 2.37. The molecule has 2 atom stereocenters. The first-order chi connectivity index (χ1) is 13.0. The number of carbonyl (C=O) groups is 3. The van der Waals surface area contributed by atoms with Gasteiger partial charge in [-0.3, -0.25) is 14.4 Å². The van der Waals surface area contributed by atoms with Gasteiger partial charge in [0.1, 0.15) is 0 Å². The summed E-state index contributed by atoms with van der Waals surface area (Å²) in [7, 11) is 0. The van der Waals surface area contributed by atoms with Gasteiger partial charge in [0.15, 0.2) is 5.78 Å². The molecule has 0 spiro atoms. The largest absolute Gasteiger partial charge is 0.348 e. The number of halogens is 1. The number of ketones is 1. The number of amides is 2. The van der Waals surface area contributed by atoms with Crippen LogP contribution in [0.1, 0.15) is 35.3 Å². The molecule has 0 aromatic heterocycles. The third-order valence-corrected chi connectivity index (χ3v) is 5.08. The van der Waals surface area contributed by atoms with E-state index in [2.05, 4.69) is 5.32 Å². The predicted octanol–water partition coefficient (Wildman–Crippen LogP) is 3.25. The van der Waals surface area contributed by atoms with Gasteiger partial charge in [-0.1, -0.05) is 54.1 Å². The number of carbonyl (C=O) groups excluding carboxylic acids is 3. The molecule has 3 rings (SSSR count). The molecule has 1 saturated heterocycles. The SMILES string of the molecule is CC(c1ccccc1)N1CC(C(=O)NCC(=O)c2cccc(Cl)c2)CC1=O. The minimum Gasteiger partial charge on any atom is -0.348 e. The van der Waals surface area contributed by atoms with Gasteiger partial charge in [-0.05, 0) is 24.6 Å². The summed E-state index contributed by atoms with van der Waals surface area (Å²) in [6, 6.07) is 16.2. The van der Waals surface area contributed by atoms with Crippen LogP contribution in [0.3, 0.4) is 0 Å². The van der Waals surface area contributed by atoms with E-state index >= 15 is 0 Å². The van der Waals surface area contributed by atoms with Crippen LogP contribution in [0.25, 0.3) is 0 Å². The minimum absolute atomic E-state index is 0.0485. The molecule has 27 heavy (non-hydrogen) atoms. The molecule has 6 heteroatoms. The maximum absolute atomic E-state index is 12.4. The summed E-state index contributed by atoms with van der Waals surface area (Å²) < 4.78 is 0. The highest BCUT2D eigenvalue weighted by molar-refractivity contribution is 6.31. The zero-order valence-corrected chi connectivity index (χ0v) is 15.8. The Morgan fingerprint density at radius 1 is 1.19 bits per heavy atom. The van der Waals surface area contributed by atoms with Gasteiger partial charge in [0, 0.05) is 23.6 Å². The van der Waals surface area contributed by atoms with Gasteiger partial charge in [-0.15, -0.1) is 0 Å². The molecule has 1 N–H and O–H groups in total. The van der Waals surface area contributed by atoms with E-state index in [0.29, 0.717) is 17.1 Å². The topological polar surface area (TPSA) is 66.5 Å². The van der Waals surface area contributed by atoms with Gasteiger partial charge in [0.25, 0.3) is 0 Å². The molecule has 140 valence electrons. The Balaban J connectivity index is 1.57. The smallest absolute Gasteiger partial charge is 0.225 e. The summed E-state index contributed by atoms with van der Waals surface area (Å²) in [5, 5.41) is 3.12. The standard InChI is InChI=1S/C21H21ClN2O3/c1-14(15-6-3-2-4-7-15)24-13-17(11-20(24)26)21(27)23-12-19(25)16-8-5-9-18(22)10-16/h2-10,14,17H,11-13H2,1H3,(H,23,27). The third-order valence-electron chi connectivity index (χ3n) is 4.85. The van der Waals surface area contributed by atoms with E-state index in [1.807, 2.05) is 37.3 Å². The van der Waals surface area contributed by atoms with Crippen LogP contribution in [0.2, 0.25) is 5.02 Å². The van der Waals surface area contributed by atoms with Gasteiger partial charge < -0.3 is 10.2 Å². The number of likely N-dealkylation sites (tertiary alicyclic amines) is 1. The van der Waals surface area contributed by atoms with Crippen molar-refractivity contribution in [3.05, 3.63) is 70.7 Å². The molecule has 1 aliphatic rings. The quantitative estimate of drug-likeness (QED) is 0.777. The monoisotopic (exact) mass is 384 g/mol. The number of Topliss-reactive ketones (excluding diaryl/α,β-unsaturated/α-hetero) is 1. The molecule has 0 saturated carbocycles. The Morgan fingerprint density at radius 2 is 1.93 bits per heavy atom. The third kappa shape index (κ3) is 4.55. The Kier molecular flexibility index (Phi) is 5.91. The van der Waals surface area contributed by atoms with E-state index in [1.54, 1.807) is 29.2 Å². The molecule has 0 aliphatic carbocycles. The van der Waals surface area contributed by atoms with Crippen molar-refractivity contribution in [3.63, 3.8) is 0 Å². The molecule has 2 aromatic carbocycles. The lowest BCUT2D eigenvalue weighted by atomic mass is 10.1. The van der Waals surface area contributed by atoms with E-state index in [-0.39, 0.29) is 36.6 Å². The van der Waals surface area contributed by atoms with Gasteiger partial charge in [0.05, 0.1) is 18.5 Å². The number of hydrogen-bond acceptors (Lipinski definition) is 3. The number of nitrogens with zero attached hydrogens (tertiary/aromatic N) is 1. The Labute approximate surface area is 163 Å². The van der Waals surface area contributed by atoms with Gasteiger partial charge in [-0.2, -0.15) is 0 Å². The average molecular weight is 385 g/mol. The van der Waals surface area contributed by atoms with E-state index < -0.39 is 5.92 Å². The Bertz CT molecular complexity index is 854. The maximum Gasteiger partial charge on any atom is 0.225 e. The average Bonchev–Trinajstić information content (AvgIpc) is 3.07. The van der Waals surface area contributed by atoms with Crippen molar-refractivity contribution >= 4 is 29.2 Å². The lowest BCUT2D eigenvalue weighted by Gasteiger charge is -2.25. The van der Waals surface area contributed by atoms with Crippen LogP contribution in [0, 0.1) is 5.92 Å². The van der Waals surface area contributed by atoms with Crippen LogP contribution in [0.5, 0.6) is 0 Å². The molecular formula is C21H21ClN2O3. The fourth-order valence-electron chi connectivity index (χ4n) is 3.27. The number of benzene rings is 2. The Hall–Kier alpha value is -2.66. The van der Waals surface area contributed by atoms with E-state index in [1.165, 1.54) is 0 Å². The van der Waals surface area contributed by atoms with Gasteiger partial charge in [-0.25, -0.2) is 0 Å². The molecule has 1 heterocycles. The number of nitrogens with one attached hydrogen (secondary N) is 1. The molecule has 2 amide bonds. The second-order valence-electron chi connectivity index (χ2n) is 6.69. The molecular weight excluding hydrogens is 364 g/mol. The van der Waals surface area contributed by atoms with Crippen molar-refractivity contribution < 1.29 is 14.4 Å². The summed E-state index contributed by atoms with van der Waals surface area (Å²) >= 11 is 5.88. The van der Waals surface area contributed by atoms with E-state index in [9.17, 15) is 14.4 Å². The van der Waals surface area contributed by atoms with Gasteiger partial charge >= 0.3 is 0 Å². The summed E-state index contributed by atoms with van der Waals surface area (Å²) in [5.41, 5.74) is 1.48. The highest BCUT2D eigenvalue weighted by atomic mass is 35.5. The fraction of sp³-hybridized carbons (Fsp3) is 0.286. The molecule has 1 aliphatic heterocycles. The second kappa shape index (κ2) is 8.35. The second-order valence-corrected chi connectivity index (χ2v) is 7.12. The summed E-state index contributed by atoms with van der Waals surface area (Å²) in [6.07, 6.45) is 0.161. The van der Waals surface area contributed by atoms with Crippen LogP contribution >= 0.6 is 11.6 Å². The molecule has 0 radical (unpaired) electrons. The molecule has 0 bridgehead atoms. The van der Waals surface area contributed by atoms with E-state index in [0.717, 1.165) is 5.56 Å². The van der Waals surface area contributed by atoms with Crippen molar-refractivity contribution in [2.75, 3.05) is 13.1 Å². The normalized spacial score (nSPS) is 17.6. The highest BCUT2D eigenvalue weighted by Crippen LogP contribution is 2.28. The molecule has 2 unspecified atom stereocenters. The summed E-state index contributed by atoms with van der Waals surface area (Å²) in [6.45, 7) is 2.19. The maximum atomic E-state index is 12.4. The molecule has 5 nitrogen and oxygen atoms in total. The fourth-order valence-corrected chi connectivity index (χ4v) is 3.46. The van der Waals surface area contributed by atoms with Crippen molar-refractivity contribution in [3.8, 4) is 0 Å². The van der Waals surface area contributed by atoms with Crippen molar-refractivity contribution in [2.24, 2.45) is 5.92 Å². The van der Waals surface area contributed by atoms with Crippen LogP contribution < -0.4 is 5.32 Å². The first kappa shape index (κ1) is 19.1. The summed E-state index contributed by atoms with van der Waals surface area (Å²) in [5.74, 6) is -0.991. The lowest BCUT2D eigenvalue weighted by Crippen LogP contribution is -2.36. The summed E-state index contributed by atoms with van der Waals surface area (Å²) in [4.78, 5) is 38.7. The van der Waals surface area contributed by atoms with Crippen molar-refractivity contribution in [1.82, 2.24) is 10.2 Å². The Morgan fingerprint density at radius 3 is 2.63 bits per heavy atom. The molecule has 2 aromatic rings. The zero-order chi connectivity index (χ0) is 19.4. The minimum atomic E-state index is -0.448. The van der Waals surface area contributed by atoms with Crippen LogP contribution in [-0.2, 0) is 9.59 Å². The number of rotatable bonds is 6. The van der Waals surface area contributed by atoms with Gasteiger partial charge in [0.2, 0.25) is 11.8 Å². The first-order valence-electron chi connectivity index (χ1n) is 8.86. The lowest BCUT2D eigenvalue weighted by molar-refractivity contribution is -0.130. The zero-order valence-electron chi connectivity index (χ0n) is 15.0. The van der Waals surface area contributed by atoms with Crippen LogP contribution in [-0.4, -0.2) is 35.6 Å². The van der Waals surface area contributed by atoms with Crippen molar-refractivity contribution in [1.29, 1.82) is 0 Å². The van der Waals surface area contributed by atoms with Crippen LogP contribution in [0.15, 0.2) is 54.6 Å². The number of hydrogen-bond donors (Lipinski definition) is 1. The van der Waals surface area contributed by atoms with Crippen molar-refractivity contribution in [2.45, 2.75) is 19.4 Å². The van der Waals surface area contributed by atoms with E-state index in [4.69, 9.17) is 11.6 Å². The molecule has 1 fully saturated rings. The van der Waals surface area contributed by atoms with Crippen LogP contribution in [0.4, 0.5) is 0 Å².